The fourth-order valence-electron chi connectivity index (χ4n) is 4.28. The van der Waals surface area contributed by atoms with E-state index in [9.17, 15) is 14.4 Å². The van der Waals surface area contributed by atoms with Gasteiger partial charge in [0.25, 0.3) is 17.4 Å². The summed E-state index contributed by atoms with van der Waals surface area (Å²) < 4.78 is 5.79. The maximum absolute atomic E-state index is 13.3. The molecule has 2 amide bonds. The minimum Gasteiger partial charge on any atom is -0.492 e. The van der Waals surface area contributed by atoms with Crippen LogP contribution in [-0.2, 0) is 0 Å². The largest absolute Gasteiger partial charge is 0.492 e. The molecule has 0 unspecified atom stereocenters. The van der Waals surface area contributed by atoms with Crippen molar-refractivity contribution in [1.29, 1.82) is 0 Å². The van der Waals surface area contributed by atoms with Crippen molar-refractivity contribution in [3.05, 3.63) is 75.7 Å². The van der Waals surface area contributed by atoms with Crippen LogP contribution < -0.4 is 15.6 Å². The summed E-state index contributed by atoms with van der Waals surface area (Å²) in [4.78, 5) is 43.2. The van der Waals surface area contributed by atoms with Gasteiger partial charge in [0.2, 0.25) is 0 Å². The van der Waals surface area contributed by atoms with Crippen LogP contribution in [0.4, 0.5) is 0 Å². The third-order valence-electron chi connectivity index (χ3n) is 5.86. The van der Waals surface area contributed by atoms with Crippen LogP contribution >= 0.6 is 0 Å². The second kappa shape index (κ2) is 9.20. The van der Waals surface area contributed by atoms with Gasteiger partial charge in [0.15, 0.2) is 0 Å². The molecule has 4 rings (SSSR count). The van der Waals surface area contributed by atoms with E-state index in [2.05, 4.69) is 10.3 Å². The van der Waals surface area contributed by atoms with Gasteiger partial charge >= 0.3 is 0 Å². The number of fused-ring (bicyclic) bond motifs is 2. The lowest BCUT2D eigenvalue weighted by atomic mass is 9.92. The van der Waals surface area contributed by atoms with Crippen molar-refractivity contribution < 1.29 is 14.3 Å². The Morgan fingerprint density at radius 3 is 2.81 bits per heavy atom. The van der Waals surface area contributed by atoms with Gasteiger partial charge in [-0.1, -0.05) is 24.3 Å². The molecule has 1 aromatic heterocycles. The summed E-state index contributed by atoms with van der Waals surface area (Å²) in [6.07, 6.45) is 6.89. The molecule has 162 valence electrons. The Morgan fingerprint density at radius 1 is 1.13 bits per heavy atom. The van der Waals surface area contributed by atoms with Crippen LogP contribution in [0.1, 0.15) is 52.1 Å². The summed E-state index contributed by atoms with van der Waals surface area (Å²) in [6.45, 7) is 2.80. The van der Waals surface area contributed by atoms with Crippen molar-refractivity contribution in [3.63, 3.8) is 0 Å². The number of piperidine rings is 1. The monoisotopic (exact) mass is 421 g/mol. The average Bonchev–Trinajstić information content (AvgIpc) is 2.75. The van der Waals surface area contributed by atoms with Gasteiger partial charge in [0.1, 0.15) is 11.3 Å². The number of ether oxygens (including phenoxy) is 1. The first kappa shape index (κ1) is 20.9. The quantitative estimate of drug-likeness (QED) is 0.693. The Morgan fingerprint density at radius 2 is 1.97 bits per heavy atom. The molecular weight excluding hydrogens is 394 g/mol. The molecule has 0 spiro atoms. The van der Waals surface area contributed by atoms with Gasteiger partial charge < -0.3 is 19.9 Å². The van der Waals surface area contributed by atoms with E-state index in [1.165, 1.54) is 0 Å². The van der Waals surface area contributed by atoms with Gasteiger partial charge in [-0.05, 0) is 56.9 Å². The summed E-state index contributed by atoms with van der Waals surface area (Å²) in [6, 6.07) is 10.1. The second-order valence-corrected chi connectivity index (χ2v) is 8.01. The molecule has 0 saturated carbocycles. The lowest BCUT2D eigenvalue weighted by Gasteiger charge is -2.41. The van der Waals surface area contributed by atoms with Crippen molar-refractivity contribution in [2.75, 3.05) is 13.2 Å². The molecule has 2 atom stereocenters. The van der Waals surface area contributed by atoms with Crippen LogP contribution in [0.2, 0.25) is 0 Å². The molecule has 7 nitrogen and oxygen atoms in total. The molecule has 1 aromatic carbocycles. The van der Waals surface area contributed by atoms with Crippen LogP contribution in [0, 0.1) is 6.92 Å². The van der Waals surface area contributed by atoms with Gasteiger partial charge in [-0.3, -0.25) is 14.4 Å². The molecule has 2 aliphatic heterocycles. The van der Waals surface area contributed by atoms with Gasteiger partial charge in [-0.25, -0.2) is 0 Å². The van der Waals surface area contributed by atoms with Crippen LogP contribution in [0.5, 0.6) is 5.75 Å². The lowest BCUT2D eigenvalue weighted by Crippen LogP contribution is -2.57. The minimum absolute atomic E-state index is 0.131. The van der Waals surface area contributed by atoms with E-state index < -0.39 is 0 Å². The van der Waals surface area contributed by atoms with Crippen LogP contribution in [-0.4, -0.2) is 46.9 Å². The number of likely N-dealkylation sites (tertiary alicyclic amines) is 1. The number of benzene rings is 1. The van der Waals surface area contributed by atoms with Gasteiger partial charge in [0.05, 0.1) is 18.2 Å². The number of nitrogens with one attached hydrogen (secondary N) is 2. The predicted molar refractivity (Wildman–Crippen MR) is 117 cm³/mol. The molecule has 31 heavy (non-hydrogen) atoms. The fourth-order valence-corrected chi connectivity index (χ4v) is 4.28. The van der Waals surface area contributed by atoms with Gasteiger partial charge in [0, 0.05) is 18.3 Å². The summed E-state index contributed by atoms with van der Waals surface area (Å²) in [5, 5.41) is 3.12. The zero-order chi connectivity index (χ0) is 21.8. The summed E-state index contributed by atoms with van der Waals surface area (Å²) in [5.41, 5.74) is 0.946. The van der Waals surface area contributed by atoms with E-state index in [0.717, 1.165) is 12.8 Å². The summed E-state index contributed by atoms with van der Waals surface area (Å²) in [5.74, 6) is 0.0486. The third kappa shape index (κ3) is 4.55. The Balaban J connectivity index is 1.65. The molecule has 0 radical (unpaired) electrons. The van der Waals surface area contributed by atoms with Crippen molar-refractivity contribution in [2.24, 2.45) is 0 Å². The topological polar surface area (TPSA) is 91.5 Å². The highest BCUT2D eigenvalue weighted by atomic mass is 16.5. The molecule has 0 aliphatic carbocycles. The number of hydrogen-bond acceptors (Lipinski definition) is 4. The van der Waals surface area contributed by atoms with Crippen LogP contribution in [0.15, 0.2) is 53.3 Å². The summed E-state index contributed by atoms with van der Waals surface area (Å²) >= 11 is 0. The van der Waals surface area contributed by atoms with Gasteiger partial charge in [-0.2, -0.15) is 0 Å². The molecule has 1 saturated heterocycles. The minimum atomic E-state index is -0.383. The molecule has 1 fully saturated rings. The summed E-state index contributed by atoms with van der Waals surface area (Å²) in [7, 11) is 0. The molecule has 7 heteroatoms. The highest BCUT2D eigenvalue weighted by molar-refractivity contribution is 5.97. The molecule has 2 N–H and O–H groups in total. The number of amides is 2. The number of aromatic nitrogens is 1. The number of para-hydroxylation sites is 1. The Labute approximate surface area is 181 Å². The number of carbonyl (C=O) groups excluding carboxylic acids is 2. The SMILES string of the molecule is Cc1ccc(C(=O)N2CCC[C@@H]3NC(=O)c4ccccc4OCC/C=C/C[C@@H]32)c(=O)[nH]1. The predicted octanol–water partition coefficient (Wildman–Crippen LogP) is 2.82. The number of aryl methyl sites for hydroxylation is 1. The van der Waals surface area contributed by atoms with E-state index in [4.69, 9.17) is 4.74 Å². The molecule has 0 bridgehead atoms. The fraction of sp³-hybridized carbons (Fsp3) is 0.375. The smallest absolute Gasteiger partial charge is 0.260 e. The Kier molecular flexibility index (Phi) is 6.21. The Bertz CT molecular complexity index is 1060. The zero-order valence-corrected chi connectivity index (χ0v) is 17.6. The third-order valence-corrected chi connectivity index (χ3v) is 5.86. The maximum atomic E-state index is 13.3. The number of pyridine rings is 1. The number of rotatable bonds is 1. The number of hydrogen-bond donors (Lipinski definition) is 2. The van der Waals surface area contributed by atoms with Crippen molar-refractivity contribution in [3.8, 4) is 5.75 Å². The normalized spacial score (nSPS) is 22.6. The van der Waals surface area contributed by atoms with Gasteiger partial charge in [-0.15, -0.1) is 0 Å². The maximum Gasteiger partial charge on any atom is 0.260 e. The standard InChI is InChI=1S/C24H27N3O4/c1-16-12-13-18(23(29)25-16)24(30)27-14-7-9-19-20(27)10-3-2-6-15-31-21-11-5-4-8-17(21)22(28)26-19/h2-5,8,11-13,19-20H,6-7,9-10,14-15H2,1H3,(H,25,29)(H,26,28)/b3-2+/t19-,20-/m0/s1. The number of carbonyl (C=O) groups is 2. The molecule has 2 aliphatic rings. The van der Waals surface area contributed by atoms with Crippen molar-refractivity contribution in [1.82, 2.24) is 15.2 Å². The lowest BCUT2D eigenvalue weighted by molar-refractivity contribution is 0.0529. The molecule has 2 aromatic rings. The van der Waals surface area contributed by atoms with E-state index in [0.29, 0.717) is 43.0 Å². The van der Waals surface area contributed by atoms with E-state index in [-0.39, 0.29) is 35.0 Å². The van der Waals surface area contributed by atoms with Crippen molar-refractivity contribution in [2.45, 2.75) is 44.7 Å². The van der Waals surface area contributed by atoms with E-state index in [1.807, 2.05) is 24.3 Å². The first-order valence-electron chi connectivity index (χ1n) is 10.7. The first-order valence-corrected chi connectivity index (χ1v) is 10.7. The highest BCUT2D eigenvalue weighted by Gasteiger charge is 2.36. The second-order valence-electron chi connectivity index (χ2n) is 8.01. The highest BCUT2D eigenvalue weighted by Crippen LogP contribution is 2.25. The number of nitrogens with zero attached hydrogens (tertiary/aromatic N) is 1. The zero-order valence-electron chi connectivity index (χ0n) is 17.6. The van der Waals surface area contributed by atoms with Crippen LogP contribution in [0.25, 0.3) is 0 Å². The van der Waals surface area contributed by atoms with E-state index in [1.54, 1.807) is 36.1 Å². The van der Waals surface area contributed by atoms with Crippen LogP contribution in [0.3, 0.4) is 0 Å². The molecule has 3 heterocycles. The van der Waals surface area contributed by atoms with E-state index >= 15 is 0 Å². The molecular formula is C24H27N3O4. The Hall–Kier alpha value is -3.35. The first-order chi connectivity index (χ1) is 15.0. The average molecular weight is 421 g/mol. The number of aromatic amines is 1. The number of H-pyrrole nitrogens is 1. The van der Waals surface area contributed by atoms with Crippen molar-refractivity contribution >= 4 is 11.8 Å².